The zero-order chi connectivity index (χ0) is 9.97. The summed E-state index contributed by atoms with van der Waals surface area (Å²) in [6, 6.07) is 1.69. The van der Waals surface area contributed by atoms with E-state index in [1.165, 1.54) is 6.20 Å². The summed E-state index contributed by atoms with van der Waals surface area (Å²) in [6.45, 7) is -1.13. The number of halogens is 1. The van der Waals surface area contributed by atoms with Gasteiger partial charge in [0.05, 0.1) is 11.7 Å². The standard InChI is InChI=1S/C9H7FN2O2.K.H/c10-3-9(13)14-8-5-12-7-4-11-2-1-6(7)8;;/h1-2,4-5,12H,3H2;;. The first kappa shape index (κ1) is 12.8. The molecule has 0 aromatic carbocycles. The molecule has 1 N–H and O–H groups in total. The van der Waals surface area contributed by atoms with Crippen molar-refractivity contribution in [2.24, 2.45) is 0 Å². The van der Waals surface area contributed by atoms with E-state index in [0.717, 1.165) is 5.52 Å². The van der Waals surface area contributed by atoms with E-state index in [4.69, 9.17) is 4.74 Å². The predicted octanol–water partition coefficient (Wildman–Crippen LogP) is 0.789. The molecule has 6 heteroatoms. The minimum atomic E-state index is -1.13. The molecule has 0 radical (unpaired) electrons. The number of fused-ring (bicyclic) bond motifs is 1. The molecule has 15 heavy (non-hydrogen) atoms. The number of alkyl halides is 1. The fourth-order valence-corrected chi connectivity index (χ4v) is 1.18. The van der Waals surface area contributed by atoms with E-state index >= 15 is 0 Å². The van der Waals surface area contributed by atoms with Crippen LogP contribution in [0.2, 0.25) is 0 Å². The van der Waals surface area contributed by atoms with Crippen LogP contribution in [0.15, 0.2) is 24.7 Å². The van der Waals surface area contributed by atoms with Crippen LogP contribution < -0.4 is 4.74 Å². The van der Waals surface area contributed by atoms with Crippen molar-refractivity contribution < 1.29 is 13.9 Å². The molecule has 0 saturated carbocycles. The number of carbonyl (C=O) groups excluding carboxylic acids is 1. The van der Waals surface area contributed by atoms with Crippen molar-refractivity contribution >= 4 is 68.3 Å². The van der Waals surface area contributed by atoms with Crippen LogP contribution in [-0.2, 0) is 4.79 Å². The Kier molecular flexibility index (Phi) is 4.87. The first-order valence-electron chi connectivity index (χ1n) is 3.99. The van der Waals surface area contributed by atoms with Gasteiger partial charge in [0.25, 0.3) is 0 Å². The molecule has 0 fully saturated rings. The molecule has 2 rings (SSSR count). The van der Waals surface area contributed by atoms with Gasteiger partial charge < -0.3 is 9.72 Å². The number of H-pyrrole nitrogens is 1. The molecule has 0 bridgehead atoms. The summed E-state index contributed by atoms with van der Waals surface area (Å²) >= 11 is 0. The summed E-state index contributed by atoms with van der Waals surface area (Å²) in [7, 11) is 0. The number of nitrogens with one attached hydrogen (secondary N) is 1. The Hall–Kier alpha value is -0.274. The number of esters is 1. The van der Waals surface area contributed by atoms with Crippen LogP contribution in [0.5, 0.6) is 5.75 Å². The Morgan fingerprint density at radius 2 is 2.40 bits per heavy atom. The number of aromatic amines is 1. The van der Waals surface area contributed by atoms with Crippen LogP contribution >= 0.6 is 0 Å². The number of hydrogen-bond donors (Lipinski definition) is 1. The Morgan fingerprint density at radius 3 is 3.13 bits per heavy atom. The number of aromatic nitrogens is 2. The summed E-state index contributed by atoms with van der Waals surface area (Å²) in [5, 5.41) is 0.710. The van der Waals surface area contributed by atoms with Crippen LogP contribution in [-0.4, -0.2) is 74.0 Å². The van der Waals surface area contributed by atoms with Crippen LogP contribution in [0.3, 0.4) is 0 Å². The Morgan fingerprint density at radius 1 is 1.60 bits per heavy atom. The maximum absolute atomic E-state index is 11.9. The molecule has 2 heterocycles. The van der Waals surface area contributed by atoms with Crippen molar-refractivity contribution in [3.8, 4) is 5.75 Å². The van der Waals surface area contributed by atoms with Gasteiger partial charge in [0.1, 0.15) is 0 Å². The molecule has 0 aliphatic carbocycles. The molecule has 4 nitrogen and oxygen atoms in total. The Bertz CT molecular complexity index is 472. The molecule has 0 spiro atoms. The number of nitrogens with zero attached hydrogens (tertiary/aromatic N) is 1. The summed E-state index contributed by atoms with van der Waals surface area (Å²) in [5.74, 6) is -0.576. The fourth-order valence-electron chi connectivity index (χ4n) is 1.18. The van der Waals surface area contributed by atoms with Gasteiger partial charge in [-0.15, -0.1) is 0 Å². The Balaban J connectivity index is 0.00000112. The third kappa shape index (κ3) is 2.85. The average Bonchev–Trinajstić information content (AvgIpc) is 2.62. The quantitative estimate of drug-likeness (QED) is 0.617. The first-order chi connectivity index (χ1) is 6.81. The SMILES string of the molecule is O=C(CF)Oc1c[nH]c2cnccc12.[KH]. The number of hydrogen-bond acceptors (Lipinski definition) is 3. The third-order valence-corrected chi connectivity index (χ3v) is 1.78. The number of rotatable bonds is 2. The number of carbonyl (C=O) groups is 1. The van der Waals surface area contributed by atoms with Crippen LogP contribution in [0.25, 0.3) is 10.9 Å². The Labute approximate surface area is 128 Å². The van der Waals surface area contributed by atoms with Gasteiger partial charge in [-0.3, -0.25) is 4.98 Å². The van der Waals surface area contributed by atoms with Crippen LogP contribution in [0, 0.1) is 0 Å². The van der Waals surface area contributed by atoms with Crippen molar-refractivity contribution in [3.05, 3.63) is 24.7 Å². The number of pyridine rings is 1. The maximum atomic E-state index is 11.9. The second-order valence-electron chi connectivity index (χ2n) is 2.68. The van der Waals surface area contributed by atoms with Gasteiger partial charge in [-0.25, -0.2) is 9.18 Å². The van der Waals surface area contributed by atoms with Crippen LogP contribution in [0.1, 0.15) is 0 Å². The molecular formula is C9H8FKN2O2. The molecule has 2 aromatic heterocycles. The van der Waals surface area contributed by atoms with Gasteiger partial charge >= 0.3 is 57.4 Å². The minimum absolute atomic E-state index is 0. The van der Waals surface area contributed by atoms with Gasteiger partial charge in [-0.2, -0.15) is 0 Å². The summed E-state index contributed by atoms with van der Waals surface area (Å²) in [4.78, 5) is 17.4. The fraction of sp³-hybridized carbons (Fsp3) is 0.111. The summed E-state index contributed by atoms with van der Waals surface area (Å²) in [6.07, 6.45) is 4.67. The monoisotopic (exact) mass is 234 g/mol. The molecule has 0 aliphatic heterocycles. The zero-order valence-electron chi connectivity index (χ0n) is 7.16. The second kappa shape index (κ2) is 5.71. The van der Waals surface area contributed by atoms with E-state index in [1.54, 1.807) is 18.5 Å². The molecule has 0 saturated heterocycles. The summed E-state index contributed by atoms with van der Waals surface area (Å²) in [5.41, 5.74) is 0.745. The summed E-state index contributed by atoms with van der Waals surface area (Å²) < 4.78 is 16.6. The molecule has 0 amide bonds. The predicted molar refractivity (Wildman–Crippen MR) is 54.9 cm³/mol. The molecule has 0 atom stereocenters. The van der Waals surface area contributed by atoms with E-state index in [1.807, 2.05) is 0 Å². The molecular weight excluding hydrogens is 226 g/mol. The molecule has 0 aliphatic rings. The zero-order valence-corrected chi connectivity index (χ0v) is 7.16. The van der Waals surface area contributed by atoms with Crippen LogP contribution in [0.4, 0.5) is 4.39 Å². The molecule has 0 unspecified atom stereocenters. The van der Waals surface area contributed by atoms with E-state index in [2.05, 4.69) is 9.97 Å². The van der Waals surface area contributed by atoms with Gasteiger partial charge in [0.15, 0.2) is 12.4 Å². The topological polar surface area (TPSA) is 55.0 Å². The average molecular weight is 234 g/mol. The van der Waals surface area contributed by atoms with Crippen molar-refractivity contribution in [1.82, 2.24) is 9.97 Å². The van der Waals surface area contributed by atoms with Crippen molar-refractivity contribution in [3.63, 3.8) is 0 Å². The van der Waals surface area contributed by atoms with E-state index in [0.29, 0.717) is 11.1 Å². The number of ether oxygens (including phenoxy) is 1. The normalized spacial score (nSPS) is 9.67. The van der Waals surface area contributed by atoms with Gasteiger partial charge in [-0.05, 0) is 6.07 Å². The van der Waals surface area contributed by atoms with Crippen molar-refractivity contribution in [1.29, 1.82) is 0 Å². The second-order valence-corrected chi connectivity index (χ2v) is 2.68. The van der Waals surface area contributed by atoms with Gasteiger partial charge in [0, 0.05) is 17.8 Å². The van der Waals surface area contributed by atoms with Gasteiger partial charge in [-0.1, -0.05) is 0 Å². The van der Waals surface area contributed by atoms with E-state index in [9.17, 15) is 9.18 Å². The van der Waals surface area contributed by atoms with Gasteiger partial charge in [0.2, 0.25) is 0 Å². The van der Waals surface area contributed by atoms with E-state index in [-0.39, 0.29) is 51.4 Å². The third-order valence-electron chi connectivity index (χ3n) is 1.78. The van der Waals surface area contributed by atoms with E-state index < -0.39 is 12.6 Å². The first-order valence-corrected chi connectivity index (χ1v) is 3.99. The van der Waals surface area contributed by atoms with Crippen molar-refractivity contribution in [2.75, 3.05) is 6.67 Å². The van der Waals surface area contributed by atoms with Crippen molar-refractivity contribution in [2.45, 2.75) is 0 Å². The molecule has 2 aromatic rings. The molecule has 74 valence electrons.